The van der Waals surface area contributed by atoms with Crippen LogP contribution in [0.4, 0.5) is 4.39 Å². The van der Waals surface area contributed by atoms with Crippen molar-refractivity contribution in [2.24, 2.45) is 5.73 Å². The van der Waals surface area contributed by atoms with Gasteiger partial charge in [-0.15, -0.1) is 0 Å². The largest absolute Gasteiger partial charge is 0.330 e. The number of nitrogens with two attached hydrogens (primary N) is 1. The van der Waals surface area contributed by atoms with Crippen molar-refractivity contribution in [1.29, 1.82) is 0 Å². The van der Waals surface area contributed by atoms with Crippen LogP contribution in [0.5, 0.6) is 0 Å². The molecule has 0 amide bonds. The second-order valence-corrected chi connectivity index (χ2v) is 6.32. The summed E-state index contributed by atoms with van der Waals surface area (Å²) in [4.78, 5) is 0.157. The third kappa shape index (κ3) is 3.99. The molecule has 0 aliphatic heterocycles. The summed E-state index contributed by atoms with van der Waals surface area (Å²) >= 11 is 0. The molecule has 0 spiro atoms. The van der Waals surface area contributed by atoms with Gasteiger partial charge in [0.2, 0.25) is 10.0 Å². The molecule has 0 saturated carbocycles. The highest BCUT2D eigenvalue weighted by Crippen LogP contribution is 2.22. The van der Waals surface area contributed by atoms with Crippen LogP contribution in [0.2, 0.25) is 0 Å². The average molecular weight is 288 g/mol. The first-order chi connectivity index (χ1) is 8.81. The lowest BCUT2D eigenvalue weighted by Gasteiger charge is -2.18. The van der Waals surface area contributed by atoms with Crippen molar-refractivity contribution in [1.82, 2.24) is 4.72 Å². The number of nitrogens with one attached hydrogen (secondary N) is 1. The van der Waals surface area contributed by atoms with E-state index in [4.69, 9.17) is 5.73 Å². The minimum Gasteiger partial charge on any atom is -0.330 e. The highest BCUT2D eigenvalue weighted by Gasteiger charge is 2.23. The van der Waals surface area contributed by atoms with Gasteiger partial charge in [-0.1, -0.05) is 6.92 Å². The summed E-state index contributed by atoms with van der Waals surface area (Å²) in [5.41, 5.74) is 6.28. The number of hydrogen-bond acceptors (Lipinski definition) is 3. The summed E-state index contributed by atoms with van der Waals surface area (Å²) in [6, 6.07) is 2.26. The second kappa shape index (κ2) is 6.45. The van der Waals surface area contributed by atoms with Crippen molar-refractivity contribution in [3.8, 4) is 0 Å². The molecule has 6 heteroatoms. The van der Waals surface area contributed by atoms with Gasteiger partial charge >= 0.3 is 0 Å². The van der Waals surface area contributed by atoms with Crippen LogP contribution in [-0.4, -0.2) is 21.0 Å². The van der Waals surface area contributed by atoms with E-state index >= 15 is 0 Å². The van der Waals surface area contributed by atoms with E-state index in [9.17, 15) is 12.8 Å². The van der Waals surface area contributed by atoms with Gasteiger partial charge in [0.25, 0.3) is 0 Å². The minimum atomic E-state index is -3.64. The Morgan fingerprint density at radius 2 is 1.84 bits per heavy atom. The normalized spacial score (nSPS) is 13.5. The van der Waals surface area contributed by atoms with Crippen molar-refractivity contribution >= 4 is 10.0 Å². The first kappa shape index (κ1) is 16.1. The third-order valence-corrected chi connectivity index (χ3v) is 4.85. The predicted molar refractivity (Wildman–Crippen MR) is 73.9 cm³/mol. The fraction of sp³-hybridized carbons (Fsp3) is 0.538. The molecule has 4 nitrogen and oxygen atoms in total. The quantitative estimate of drug-likeness (QED) is 0.839. The van der Waals surface area contributed by atoms with Gasteiger partial charge in [0.1, 0.15) is 5.82 Å². The van der Waals surface area contributed by atoms with Crippen LogP contribution in [0.15, 0.2) is 17.0 Å². The smallest absolute Gasteiger partial charge is 0.241 e. The van der Waals surface area contributed by atoms with E-state index in [1.807, 2.05) is 6.92 Å². The highest BCUT2D eigenvalue weighted by atomic mass is 32.2. The molecule has 0 heterocycles. The molecule has 19 heavy (non-hydrogen) atoms. The molecule has 108 valence electrons. The highest BCUT2D eigenvalue weighted by molar-refractivity contribution is 7.89. The van der Waals surface area contributed by atoms with E-state index in [1.165, 1.54) is 12.1 Å². The zero-order valence-corrected chi connectivity index (χ0v) is 12.3. The van der Waals surface area contributed by atoms with Gasteiger partial charge in [-0.25, -0.2) is 17.5 Å². The number of sulfonamides is 1. The Bertz CT molecular complexity index is 521. The van der Waals surface area contributed by atoms with E-state index in [0.717, 1.165) is 0 Å². The van der Waals surface area contributed by atoms with Gasteiger partial charge < -0.3 is 5.73 Å². The lowest BCUT2D eigenvalue weighted by molar-refractivity contribution is 0.520. The summed E-state index contributed by atoms with van der Waals surface area (Å²) in [6.07, 6.45) is 1.24. The van der Waals surface area contributed by atoms with Gasteiger partial charge in [0, 0.05) is 6.04 Å². The standard InChI is InChI=1S/C13H21FN2O2S/c1-4-12(5-6-15)16-19(17,18)13-9(2)7-11(14)8-10(13)3/h7-8,12,16H,4-6,15H2,1-3H3. The van der Waals surface area contributed by atoms with Crippen LogP contribution < -0.4 is 10.5 Å². The van der Waals surface area contributed by atoms with E-state index < -0.39 is 15.8 Å². The molecule has 1 aromatic carbocycles. The van der Waals surface area contributed by atoms with Crippen LogP contribution in [0.3, 0.4) is 0 Å². The molecule has 1 unspecified atom stereocenters. The number of rotatable bonds is 6. The van der Waals surface area contributed by atoms with E-state index in [-0.39, 0.29) is 10.9 Å². The topological polar surface area (TPSA) is 72.2 Å². The lowest BCUT2D eigenvalue weighted by Crippen LogP contribution is -2.36. The molecule has 0 saturated heterocycles. The number of aryl methyl sites for hydroxylation is 2. The maximum absolute atomic E-state index is 13.2. The van der Waals surface area contributed by atoms with E-state index in [0.29, 0.717) is 30.5 Å². The Morgan fingerprint density at radius 1 is 1.32 bits per heavy atom. The van der Waals surface area contributed by atoms with Crippen LogP contribution >= 0.6 is 0 Å². The van der Waals surface area contributed by atoms with Gasteiger partial charge in [0.05, 0.1) is 4.90 Å². The number of hydrogen-bond donors (Lipinski definition) is 2. The van der Waals surface area contributed by atoms with E-state index in [2.05, 4.69) is 4.72 Å². The average Bonchev–Trinajstić information content (AvgIpc) is 2.25. The van der Waals surface area contributed by atoms with Crippen LogP contribution in [-0.2, 0) is 10.0 Å². The third-order valence-electron chi connectivity index (χ3n) is 3.02. The molecule has 0 fully saturated rings. The molecule has 3 N–H and O–H groups in total. The van der Waals surface area contributed by atoms with E-state index in [1.54, 1.807) is 13.8 Å². The Morgan fingerprint density at radius 3 is 2.26 bits per heavy atom. The molecule has 0 aromatic heterocycles. The zero-order chi connectivity index (χ0) is 14.6. The van der Waals surface area contributed by atoms with Crippen LogP contribution in [0.1, 0.15) is 30.9 Å². The molecule has 1 atom stereocenters. The first-order valence-corrected chi connectivity index (χ1v) is 7.79. The monoisotopic (exact) mass is 288 g/mol. The maximum atomic E-state index is 13.2. The first-order valence-electron chi connectivity index (χ1n) is 6.31. The fourth-order valence-corrected chi connectivity index (χ4v) is 3.95. The molecule has 0 aliphatic carbocycles. The molecule has 0 aliphatic rings. The molecule has 0 bridgehead atoms. The Balaban J connectivity index is 3.14. The summed E-state index contributed by atoms with van der Waals surface area (Å²) in [6.45, 7) is 5.50. The summed E-state index contributed by atoms with van der Waals surface area (Å²) in [7, 11) is -3.64. The Hall–Kier alpha value is -0.980. The SMILES string of the molecule is CCC(CCN)NS(=O)(=O)c1c(C)cc(F)cc1C. The molecule has 1 rings (SSSR count). The molecule has 0 radical (unpaired) electrons. The van der Waals surface area contributed by atoms with Crippen molar-refractivity contribution < 1.29 is 12.8 Å². The Kier molecular flexibility index (Phi) is 5.46. The number of benzene rings is 1. The summed E-state index contributed by atoms with van der Waals surface area (Å²) in [5.74, 6) is -0.428. The van der Waals surface area contributed by atoms with Gasteiger partial charge in [-0.2, -0.15) is 0 Å². The van der Waals surface area contributed by atoms with Crippen molar-refractivity contribution in [2.45, 2.75) is 44.6 Å². The van der Waals surface area contributed by atoms with Crippen molar-refractivity contribution in [3.63, 3.8) is 0 Å². The molecular formula is C13H21FN2O2S. The van der Waals surface area contributed by atoms with Crippen molar-refractivity contribution in [2.75, 3.05) is 6.54 Å². The second-order valence-electron chi connectivity index (χ2n) is 4.67. The van der Waals surface area contributed by atoms with Crippen molar-refractivity contribution in [3.05, 3.63) is 29.1 Å². The predicted octanol–water partition coefficient (Wildman–Crippen LogP) is 1.85. The van der Waals surface area contributed by atoms with Gasteiger partial charge in [-0.05, 0) is 56.5 Å². The zero-order valence-electron chi connectivity index (χ0n) is 11.5. The Labute approximate surface area is 114 Å². The summed E-state index contributed by atoms with van der Waals surface area (Å²) in [5, 5.41) is 0. The fourth-order valence-electron chi connectivity index (χ4n) is 2.15. The molecular weight excluding hydrogens is 267 g/mol. The molecule has 1 aromatic rings. The van der Waals surface area contributed by atoms with Gasteiger partial charge in [-0.3, -0.25) is 0 Å². The minimum absolute atomic E-state index is 0.157. The summed E-state index contributed by atoms with van der Waals surface area (Å²) < 4.78 is 40.6. The number of halogens is 1. The van der Waals surface area contributed by atoms with Gasteiger partial charge in [0.15, 0.2) is 0 Å². The van der Waals surface area contributed by atoms with Crippen LogP contribution in [0, 0.1) is 19.7 Å². The lowest BCUT2D eigenvalue weighted by atomic mass is 10.1. The maximum Gasteiger partial charge on any atom is 0.241 e. The van der Waals surface area contributed by atoms with Crippen LogP contribution in [0.25, 0.3) is 0 Å².